The van der Waals surface area contributed by atoms with E-state index in [2.05, 4.69) is 0 Å². The summed E-state index contributed by atoms with van der Waals surface area (Å²) in [6, 6.07) is 0. The van der Waals surface area contributed by atoms with Gasteiger partial charge in [-0.05, 0) is 11.6 Å². The Labute approximate surface area is 135 Å². The van der Waals surface area contributed by atoms with Gasteiger partial charge in [0.2, 0.25) is 0 Å². The van der Waals surface area contributed by atoms with Gasteiger partial charge in [0.15, 0.2) is 0 Å². The molecule has 0 spiro atoms. The second-order valence-electron chi connectivity index (χ2n) is 6.00. The van der Waals surface area contributed by atoms with Crippen LogP contribution in [-0.4, -0.2) is 38.3 Å². The molecular weight excluding hydrogens is 387 g/mol. The molecule has 2 aliphatic rings. The molecule has 0 N–H and O–H groups in total. The van der Waals surface area contributed by atoms with Crippen molar-refractivity contribution in [2.24, 2.45) is 0 Å². The highest BCUT2D eigenvalue weighted by Gasteiger charge is 2.66. The van der Waals surface area contributed by atoms with E-state index >= 15 is 0 Å². The van der Waals surface area contributed by atoms with Gasteiger partial charge >= 0.3 is 31.1 Å². The van der Waals surface area contributed by atoms with Gasteiger partial charge in [0.05, 0.1) is 0 Å². The molecule has 2 saturated heterocycles. The topological polar surface area (TPSA) is 71.5 Å². The van der Waals surface area contributed by atoms with Crippen LogP contribution in [0, 0.1) is 0 Å². The maximum atomic E-state index is 12.9. The maximum absolute atomic E-state index is 12.9. The van der Waals surface area contributed by atoms with Gasteiger partial charge in [-0.15, -0.1) is 3.62 Å². The zero-order chi connectivity index (χ0) is 18.6. The van der Waals surface area contributed by atoms with Crippen molar-refractivity contribution in [2.45, 2.75) is 61.2 Å². The predicted octanol–water partition coefficient (Wildman–Crippen LogP) is 3.09. The number of rotatable bonds is 3. The standard InChI is InChI=1S/C10H14BF6NO4S2/c12-9(13,14)23(19,20)18(24(21,22)10(15,16)17)11-7-3-1-4-8(11)6-2-5-7/h7-8H,1-6H2. The third-order valence-corrected chi connectivity index (χ3v) is 8.35. The summed E-state index contributed by atoms with van der Waals surface area (Å²) in [5.74, 6) is -1.68. The fraction of sp³-hybridized carbons (Fsp3) is 1.00. The first-order valence-corrected chi connectivity index (χ1v) is 10.0. The van der Waals surface area contributed by atoms with Crippen LogP contribution >= 0.6 is 0 Å². The van der Waals surface area contributed by atoms with E-state index in [9.17, 15) is 43.2 Å². The fourth-order valence-corrected chi connectivity index (χ4v) is 6.92. The lowest BCUT2D eigenvalue weighted by molar-refractivity contribution is -0.0510. The van der Waals surface area contributed by atoms with Gasteiger partial charge in [0.1, 0.15) is 0 Å². The normalized spacial score (nSPS) is 26.7. The summed E-state index contributed by atoms with van der Waals surface area (Å²) in [5.41, 5.74) is -12.3. The third kappa shape index (κ3) is 3.16. The summed E-state index contributed by atoms with van der Waals surface area (Å²) in [6.45, 7) is -1.84. The zero-order valence-corrected chi connectivity index (χ0v) is 13.8. The van der Waals surface area contributed by atoms with E-state index in [1.807, 2.05) is 0 Å². The molecule has 0 aliphatic carbocycles. The minimum Gasteiger partial charge on any atom is -0.203 e. The van der Waals surface area contributed by atoms with E-state index in [0.29, 0.717) is 12.8 Å². The molecule has 0 atom stereocenters. The SMILES string of the molecule is O=S(=O)(N(B1C2CCCC1CCC2)S(=O)(=O)C(F)(F)F)C(F)(F)F. The van der Waals surface area contributed by atoms with Crippen LogP contribution in [0.2, 0.25) is 11.6 Å². The molecule has 14 heteroatoms. The number of nitrogens with zero attached hydrogens (tertiary/aromatic N) is 1. The molecule has 2 bridgehead atoms. The molecule has 2 rings (SSSR count). The van der Waals surface area contributed by atoms with Crippen molar-refractivity contribution in [3.63, 3.8) is 0 Å². The van der Waals surface area contributed by atoms with Crippen molar-refractivity contribution in [3.8, 4) is 0 Å². The summed E-state index contributed by atoms with van der Waals surface area (Å²) in [7, 11) is -13.4. The van der Waals surface area contributed by atoms with Crippen LogP contribution in [0.3, 0.4) is 0 Å². The lowest BCUT2D eigenvalue weighted by atomic mass is 9.35. The number of halogens is 6. The molecule has 0 unspecified atom stereocenters. The number of alkyl halides is 6. The molecule has 0 aromatic rings. The molecule has 0 amide bonds. The molecule has 0 radical (unpaired) electrons. The van der Waals surface area contributed by atoms with Crippen LogP contribution in [0.1, 0.15) is 38.5 Å². The Morgan fingerprint density at radius 2 is 1.00 bits per heavy atom. The first kappa shape index (κ1) is 19.8. The zero-order valence-electron chi connectivity index (χ0n) is 12.1. The maximum Gasteiger partial charge on any atom is 0.511 e. The highest BCUT2D eigenvalue weighted by molar-refractivity contribution is 8.06. The Morgan fingerprint density at radius 3 is 1.25 bits per heavy atom. The van der Waals surface area contributed by atoms with Crippen LogP contribution in [0.15, 0.2) is 0 Å². The van der Waals surface area contributed by atoms with Gasteiger partial charge in [-0.3, -0.25) is 0 Å². The summed E-state index contributed by atoms with van der Waals surface area (Å²) < 4.78 is 123. The molecular formula is C10H14BF6NO4S2. The summed E-state index contributed by atoms with van der Waals surface area (Å²) in [6.07, 6.45) is 1.79. The minimum atomic E-state index is -6.70. The Hall–Kier alpha value is -0.495. The Bertz CT molecular complexity index is 623. The van der Waals surface area contributed by atoms with E-state index in [4.69, 9.17) is 0 Å². The monoisotopic (exact) mass is 401 g/mol. The first-order valence-electron chi connectivity index (χ1n) is 7.13. The summed E-state index contributed by atoms with van der Waals surface area (Å²) in [4.78, 5) is 0. The number of hydrogen-bond donors (Lipinski definition) is 0. The number of fused-ring (bicyclic) bond motifs is 2. The number of hydrogen-bond acceptors (Lipinski definition) is 4. The van der Waals surface area contributed by atoms with Gasteiger partial charge in [-0.1, -0.05) is 38.5 Å². The van der Waals surface area contributed by atoms with Crippen molar-refractivity contribution in [1.29, 1.82) is 0 Å². The van der Waals surface area contributed by atoms with E-state index in [0.717, 1.165) is 0 Å². The van der Waals surface area contributed by atoms with Crippen LogP contribution in [-0.2, 0) is 20.0 Å². The minimum absolute atomic E-state index is 0.193. The van der Waals surface area contributed by atoms with Crippen LogP contribution in [0.4, 0.5) is 26.3 Å². The average molecular weight is 401 g/mol. The molecule has 140 valence electrons. The van der Waals surface area contributed by atoms with Crippen molar-refractivity contribution in [2.75, 3.05) is 0 Å². The molecule has 0 saturated carbocycles. The largest absolute Gasteiger partial charge is 0.511 e. The Kier molecular flexibility index (Phi) is 4.99. The summed E-state index contributed by atoms with van der Waals surface area (Å²) in [5, 5.41) is 0. The molecule has 0 aromatic heterocycles. The van der Waals surface area contributed by atoms with Crippen molar-refractivity contribution < 1.29 is 43.2 Å². The molecule has 24 heavy (non-hydrogen) atoms. The third-order valence-electron chi connectivity index (χ3n) is 4.57. The second-order valence-corrected chi connectivity index (χ2v) is 9.84. The average Bonchev–Trinajstić information content (AvgIpc) is 2.35. The van der Waals surface area contributed by atoms with Crippen LogP contribution in [0.5, 0.6) is 0 Å². The van der Waals surface area contributed by atoms with Gasteiger partial charge < -0.3 is 0 Å². The fourth-order valence-electron chi connectivity index (χ4n) is 3.64. The van der Waals surface area contributed by atoms with Crippen molar-refractivity contribution in [1.82, 2.24) is 3.62 Å². The predicted molar refractivity (Wildman–Crippen MR) is 72.7 cm³/mol. The van der Waals surface area contributed by atoms with Gasteiger partial charge in [-0.2, -0.15) is 26.3 Å². The van der Waals surface area contributed by atoms with E-state index in [-0.39, 0.29) is 25.7 Å². The lowest BCUT2D eigenvalue weighted by Gasteiger charge is -2.44. The molecule has 0 aromatic carbocycles. The van der Waals surface area contributed by atoms with Crippen molar-refractivity contribution in [3.05, 3.63) is 0 Å². The quantitative estimate of drug-likeness (QED) is 0.539. The van der Waals surface area contributed by atoms with Gasteiger partial charge in [-0.25, -0.2) is 16.8 Å². The second kappa shape index (κ2) is 6.04. The highest BCUT2D eigenvalue weighted by atomic mass is 32.3. The number of sulfonamides is 2. The molecule has 2 heterocycles. The molecule has 2 fully saturated rings. The lowest BCUT2D eigenvalue weighted by Crippen LogP contribution is -2.60. The smallest absolute Gasteiger partial charge is 0.203 e. The van der Waals surface area contributed by atoms with Crippen LogP contribution in [0.25, 0.3) is 0 Å². The van der Waals surface area contributed by atoms with E-state index in [1.54, 1.807) is 0 Å². The Balaban J connectivity index is 2.65. The first-order chi connectivity index (χ1) is 10.7. The van der Waals surface area contributed by atoms with E-state index < -0.39 is 53.2 Å². The molecule has 5 nitrogen and oxygen atoms in total. The molecule has 2 aliphatic heterocycles. The van der Waals surface area contributed by atoms with Gasteiger partial charge in [0, 0.05) is 0 Å². The summed E-state index contributed by atoms with van der Waals surface area (Å²) >= 11 is 0. The van der Waals surface area contributed by atoms with Crippen molar-refractivity contribution >= 4 is 26.9 Å². The van der Waals surface area contributed by atoms with Gasteiger partial charge in [0.25, 0.3) is 6.85 Å². The van der Waals surface area contributed by atoms with E-state index in [1.165, 1.54) is 0 Å². The van der Waals surface area contributed by atoms with Crippen LogP contribution < -0.4 is 0 Å². The highest BCUT2D eigenvalue weighted by Crippen LogP contribution is 2.51. The Morgan fingerprint density at radius 1 is 0.708 bits per heavy atom.